The van der Waals surface area contributed by atoms with E-state index in [1.165, 1.54) is 6.26 Å². The minimum atomic E-state index is -3.60. The van der Waals surface area contributed by atoms with Crippen LogP contribution in [0.15, 0.2) is 35.4 Å². The molecule has 10 nitrogen and oxygen atoms in total. The summed E-state index contributed by atoms with van der Waals surface area (Å²) in [5.74, 6) is 1.05. The highest BCUT2D eigenvalue weighted by atomic mass is 32.2. The minimum Gasteiger partial charge on any atom is -0.358 e. The Morgan fingerprint density at radius 1 is 1.10 bits per heavy atom. The fraction of sp³-hybridized carbons (Fsp3) is 0.448. The molecule has 0 radical (unpaired) electrons. The zero-order valence-corrected chi connectivity index (χ0v) is 24.1. The van der Waals surface area contributed by atoms with Crippen molar-refractivity contribution in [2.75, 3.05) is 18.2 Å². The van der Waals surface area contributed by atoms with Gasteiger partial charge in [-0.15, -0.1) is 0 Å². The average Bonchev–Trinajstić information content (AvgIpc) is 3.65. The monoisotopic (exact) mass is 562 g/mol. The molecule has 1 aliphatic carbocycles. The third-order valence-corrected chi connectivity index (χ3v) is 9.04. The number of nitrogens with zero attached hydrogens (tertiary/aromatic N) is 5. The fourth-order valence-electron chi connectivity index (χ4n) is 5.44. The third-order valence-electron chi connectivity index (χ3n) is 7.91. The van der Waals surface area contributed by atoms with Crippen LogP contribution in [-0.4, -0.2) is 51.4 Å². The summed E-state index contributed by atoms with van der Waals surface area (Å²) in [5.41, 5.74) is 5.49. The van der Waals surface area contributed by atoms with E-state index in [2.05, 4.69) is 10.4 Å². The van der Waals surface area contributed by atoms with Gasteiger partial charge >= 0.3 is 0 Å². The topological polar surface area (TPSA) is 121 Å². The lowest BCUT2D eigenvalue weighted by atomic mass is 10.1. The molecule has 1 unspecified atom stereocenters. The van der Waals surface area contributed by atoms with Crippen LogP contribution in [0, 0.1) is 19.8 Å². The van der Waals surface area contributed by atoms with Gasteiger partial charge in [0.2, 0.25) is 0 Å². The second kappa shape index (κ2) is 10.1. The molecule has 1 N–H and O–H groups in total. The number of aryl methyl sites for hydroxylation is 2. The number of pyridine rings is 1. The van der Waals surface area contributed by atoms with Gasteiger partial charge in [-0.1, -0.05) is 6.07 Å². The molecule has 1 aromatic carbocycles. The summed E-state index contributed by atoms with van der Waals surface area (Å²) in [6, 6.07) is 7.16. The highest BCUT2D eigenvalue weighted by Gasteiger charge is 2.30. The first-order chi connectivity index (χ1) is 19.1. The molecule has 1 saturated heterocycles. The van der Waals surface area contributed by atoms with Gasteiger partial charge in [-0.05, 0) is 69.7 Å². The number of imidazole rings is 1. The molecule has 1 aliphatic heterocycles. The van der Waals surface area contributed by atoms with Crippen molar-refractivity contribution in [3.05, 3.63) is 47.7 Å². The van der Waals surface area contributed by atoms with Gasteiger partial charge in [0.1, 0.15) is 23.4 Å². The molecule has 11 heteroatoms. The first-order valence-electron chi connectivity index (χ1n) is 13.7. The van der Waals surface area contributed by atoms with Crippen LogP contribution >= 0.6 is 0 Å². The van der Waals surface area contributed by atoms with E-state index in [1.54, 1.807) is 23.0 Å². The lowest BCUT2D eigenvalue weighted by molar-refractivity contribution is -0.119. The normalized spacial score (nSPS) is 17.9. The standard InChI is InChI=1S/C29H34N6O4S/c1-17-22(16-30-34(17)3)20-10-11-23(26(13-20)40(4,37)38)33-24-14-21(15-25(36)19-8-9-19)32-29-28(24)31-18(2)35(29)27-7-5-6-12-39-27/h10-11,13-14,16,19,27H,5-9,12,15H2,1-4H3,(H,32,33). The Morgan fingerprint density at radius 2 is 1.90 bits per heavy atom. The Hall–Kier alpha value is -3.57. The van der Waals surface area contributed by atoms with Crippen molar-refractivity contribution in [3.8, 4) is 11.1 Å². The summed E-state index contributed by atoms with van der Waals surface area (Å²) in [5, 5.41) is 7.66. The number of carbonyl (C=O) groups excluding carboxylic acids is 1. The molecular weight excluding hydrogens is 528 g/mol. The fourth-order valence-corrected chi connectivity index (χ4v) is 6.30. The molecule has 210 valence electrons. The van der Waals surface area contributed by atoms with Crippen LogP contribution in [0.25, 0.3) is 22.3 Å². The van der Waals surface area contributed by atoms with Crippen LogP contribution in [0.1, 0.15) is 55.5 Å². The van der Waals surface area contributed by atoms with Gasteiger partial charge in [-0.25, -0.2) is 18.4 Å². The van der Waals surface area contributed by atoms with Crippen molar-refractivity contribution in [1.82, 2.24) is 24.3 Å². The van der Waals surface area contributed by atoms with E-state index in [1.807, 2.05) is 37.6 Å². The lowest BCUT2D eigenvalue weighted by Crippen LogP contribution is -2.19. The first kappa shape index (κ1) is 26.6. The second-order valence-electron chi connectivity index (χ2n) is 11.0. The van der Waals surface area contributed by atoms with E-state index in [0.717, 1.165) is 54.7 Å². The van der Waals surface area contributed by atoms with Gasteiger partial charge in [0.15, 0.2) is 15.5 Å². The average molecular weight is 563 g/mol. The molecule has 6 rings (SSSR count). The maximum Gasteiger partial charge on any atom is 0.177 e. The molecule has 0 bridgehead atoms. The summed E-state index contributed by atoms with van der Waals surface area (Å²) < 4.78 is 35.8. The molecule has 4 heterocycles. The number of hydrogen-bond acceptors (Lipinski definition) is 8. The molecule has 1 saturated carbocycles. The van der Waals surface area contributed by atoms with E-state index in [4.69, 9.17) is 14.7 Å². The van der Waals surface area contributed by atoms with E-state index in [-0.39, 0.29) is 29.2 Å². The number of nitrogens with one attached hydrogen (secondary N) is 1. The quantitative estimate of drug-likeness (QED) is 0.325. The Balaban J connectivity index is 1.47. The molecule has 2 aliphatic rings. The highest BCUT2D eigenvalue weighted by molar-refractivity contribution is 7.90. The highest BCUT2D eigenvalue weighted by Crippen LogP contribution is 2.37. The molecule has 3 aromatic heterocycles. The van der Waals surface area contributed by atoms with Crippen molar-refractivity contribution in [2.24, 2.45) is 13.0 Å². The molecular formula is C29H34N6O4S. The van der Waals surface area contributed by atoms with E-state index < -0.39 is 9.84 Å². The number of rotatable bonds is 8. The van der Waals surface area contributed by atoms with Gasteiger partial charge in [0.25, 0.3) is 0 Å². The number of Topliss-reactive ketones (excluding diaryl/α,β-unsaturated/α-hetero) is 1. The number of aromatic nitrogens is 5. The maximum absolute atomic E-state index is 13.0. The third kappa shape index (κ3) is 5.03. The molecule has 40 heavy (non-hydrogen) atoms. The van der Waals surface area contributed by atoms with Crippen LogP contribution in [0.3, 0.4) is 0 Å². The predicted molar refractivity (Wildman–Crippen MR) is 152 cm³/mol. The van der Waals surface area contributed by atoms with Crippen molar-refractivity contribution in [3.63, 3.8) is 0 Å². The largest absolute Gasteiger partial charge is 0.358 e. The van der Waals surface area contributed by atoms with Crippen LogP contribution in [-0.2, 0) is 32.8 Å². The molecule has 0 amide bonds. The number of anilines is 2. The number of hydrogen-bond donors (Lipinski definition) is 1. The first-order valence-corrected chi connectivity index (χ1v) is 15.6. The molecule has 4 aromatic rings. The maximum atomic E-state index is 13.0. The van der Waals surface area contributed by atoms with Crippen molar-refractivity contribution < 1.29 is 17.9 Å². The second-order valence-corrected chi connectivity index (χ2v) is 13.0. The van der Waals surface area contributed by atoms with Crippen LogP contribution in [0.5, 0.6) is 0 Å². The Labute approximate surface area is 233 Å². The van der Waals surface area contributed by atoms with E-state index in [9.17, 15) is 13.2 Å². The van der Waals surface area contributed by atoms with E-state index >= 15 is 0 Å². The van der Waals surface area contributed by atoms with Gasteiger partial charge in [-0.2, -0.15) is 5.10 Å². The zero-order valence-electron chi connectivity index (χ0n) is 23.3. The van der Waals surface area contributed by atoms with Gasteiger partial charge in [0, 0.05) is 43.5 Å². The number of carbonyl (C=O) groups is 1. The Morgan fingerprint density at radius 3 is 2.55 bits per heavy atom. The number of benzene rings is 1. The van der Waals surface area contributed by atoms with Crippen LogP contribution in [0.4, 0.5) is 11.4 Å². The summed E-state index contributed by atoms with van der Waals surface area (Å²) in [6.07, 6.45) is 7.78. The van der Waals surface area contributed by atoms with E-state index in [0.29, 0.717) is 34.8 Å². The number of ether oxygens (including phenoxy) is 1. The molecule has 0 spiro atoms. The summed E-state index contributed by atoms with van der Waals surface area (Å²) in [4.78, 5) is 22.7. The van der Waals surface area contributed by atoms with Crippen molar-refractivity contribution >= 4 is 38.2 Å². The Bertz CT molecular complexity index is 1730. The Kier molecular flexibility index (Phi) is 6.74. The van der Waals surface area contributed by atoms with Crippen LogP contribution in [0.2, 0.25) is 0 Å². The summed E-state index contributed by atoms with van der Waals surface area (Å²) >= 11 is 0. The summed E-state index contributed by atoms with van der Waals surface area (Å²) in [7, 11) is -1.75. The smallest absolute Gasteiger partial charge is 0.177 e. The SMILES string of the molecule is Cc1c(-c2ccc(Nc3cc(CC(=O)C4CC4)nc4c3nc(C)n4C3CCCCO3)c(S(C)(=O)=O)c2)cnn1C. The molecule has 2 fully saturated rings. The number of fused-ring (bicyclic) bond motifs is 1. The van der Waals surface area contributed by atoms with Gasteiger partial charge in [0.05, 0.1) is 28.2 Å². The number of sulfone groups is 1. The van der Waals surface area contributed by atoms with Crippen LogP contribution < -0.4 is 5.32 Å². The van der Waals surface area contributed by atoms with Gasteiger partial charge < -0.3 is 10.1 Å². The number of ketones is 1. The van der Waals surface area contributed by atoms with Gasteiger partial charge in [-0.3, -0.25) is 14.0 Å². The summed E-state index contributed by atoms with van der Waals surface area (Å²) in [6.45, 7) is 4.54. The van der Waals surface area contributed by atoms with Crippen molar-refractivity contribution in [1.29, 1.82) is 0 Å². The molecule has 1 atom stereocenters. The zero-order chi connectivity index (χ0) is 28.2. The van der Waals surface area contributed by atoms with Crippen molar-refractivity contribution in [2.45, 2.75) is 63.5 Å². The lowest BCUT2D eigenvalue weighted by Gasteiger charge is -2.25. The minimum absolute atomic E-state index is 0.113. The predicted octanol–water partition coefficient (Wildman–Crippen LogP) is 4.82.